The van der Waals surface area contributed by atoms with Crippen LogP contribution in [0.25, 0.3) is 0 Å². The zero-order valence-electron chi connectivity index (χ0n) is 16.1. The first-order valence-electron chi connectivity index (χ1n) is 9.32. The van der Waals surface area contributed by atoms with E-state index in [9.17, 15) is 21.6 Å². The van der Waals surface area contributed by atoms with Crippen molar-refractivity contribution in [2.75, 3.05) is 31.1 Å². The van der Waals surface area contributed by atoms with Crippen LogP contribution in [0.1, 0.15) is 11.3 Å². The molecule has 1 aliphatic rings. The first-order chi connectivity index (χ1) is 14.7. The number of halogens is 4. The number of piperazine rings is 1. The number of sulfonamides is 1. The summed E-state index contributed by atoms with van der Waals surface area (Å²) in [6, 6.07) is 6.98. The molecule has 164 valence electrons. The normalized spacial score (nSPS) is 15.4. The van der Waals surface area contributed by atoms with Gasteiger partial charge in [0.1, 0.15) is 10.7 Å². The summed E-state index contributed by atoms with van der Waals surface area (Å²) in [5.74, 6) is -2.39. The summed E-state index contributed by atoms with van der Waals surface area (Å²) in [6.45, 7) is 1.31. The molecule has 5 nitrogen and oxygen atoms in total. The van der Waals surface area contributed by atoms with Gasteiger partial charge in [-0.15, -0.1) is 11.3 Å². The molecular formula is C20H17ClF3N3O2S2. The van der Waals surface area contributed by atoms with E-state index in [1.807, 2.05) is 10.3 Å². The predicted molar refractivity (Wildman–Crippen MR) is 114 cm³/mol. The fourth-order valence-corrected chi connectivity index (χ4v) is 6.13. The Morgan fingerprint density at radius 3 is 2.42 bits per heavy atom. The van der Waals surface area contributed by atoms with E-state index in [0.29, 0.717) is 25.1 Å². The predicted octanol–water partition coefficient (Wildman–Crippen LogP) is 4.32. The lowest BCUT2D eigenvalue weighted by Gasteiger charge is -2.33. The third-order valence-electron chi connectivity index (χ3n) is 4.93. The van der Waals surface area contributed by atoms with Crippen LogP contribution in [-0.4, -0.2) is 43.9 Å². The maximum Gasteiger partial charge on any atom is 0.244 e. The number of anilines is 1. The molecule has 0 saturated carbocycles. The van der Waals surface area contributed by atoms with E-state index in [1.54, 1.807) is 0 Å². The molecule has 1 aromatic heterocycles. The van der Waals surface area contributed by atoms with Crippen LogP contribution < -0.4 is 4.90 Å². The molecule has 1 fully saturated rings. The second kappa shape index (κ2) is 8.78. The van der Waals surface area contributed by atoms with E-state index in [2.05, 4.69) is 4.98 Å². The van der Waals surface area contributed by atoms with Gasteiger partial charge >= 0.3 is 0 Å². The lowest BCUT2D eigenvalue weighted by molar-refractivity contribution is 0.384. The molecule has 1 saturated heterocycles. The van der Waals surface area contributed by atoms with Gasteiger partial charge < -0.3 is 4.90 Å². The van der Waals surface area contributed by atoms with Crippen LogP contribution >= 0.6 is 22.9 Å². The average Bonchev–Trinajstić information content (AvgIpc) is 3.19. The molecule has 0 atom stereocenters. The van der Waals surface area contributed by atoms with Crippen LogP contribution in [0.2, 0.25) is 5.02 Å². The standard InChI is InChI=1S/C20H17ClF3N3O2S2/c21-16-11-14(22)2-4-19(16)31(28,29)27-7-5-26(6-8-27)20-25-15(12-30-20)9-13-1-3-17(23)18(24)10-13/h1-4,10-12H,5-9H2. The summed E-state index contributed by atoms with van der Waals surface area (Å²) in [5, 5.41) is 2.43. The monoisotopic (exact) mass is 487 g/mol. The highest BCUT2D eigenvalue weighted by Crippen LogP contribution is 2.28. The van der Waals surface area contributed by atoms with Gasteiger partial charge in [0.25, 0.3) is 0 Å². The van der Waals surface area contributed by atoms with Crippen molar-refractivity contribution in [3.05, 3.63) is 75.5 Å². The zero-order valence-corrected chi connectivity index (χ0v) is 18.5. The summed E-state index contributed by atoms with van der Waals surface area (Å²) in [4.78, 5) is 6.40. The molecule has 1 aliphatic heterocycles. The Hall–Kier alpha value is -2.14. The largest absolute Gasteiger partial charge is 0.345 e. The fourth-order valence-electron chi connectivity index (χ4n) is 3.32. The van der Waals surface area contributed by atoms with Gasteiger partial charge in [-0.3, -0.25) is 0 Å². The molecule has 2 heterocycles. The topological polar surface area (TPSA) is 53.5 Å². The SMILES string of the molecule is O=S(=O)(c1ccc(F)cc1Cl)N1CCN(c2nc(Cc3ccc(F)c(F)c3)cs2)CC1. The van der Waals surface area contributed by atoms with Crippen molar-refractivity contribution in [1.29, 1.82) is 0 Å². The summed E-state index contributed by atoms with van der Waals surface area (Å²) < 4.78 is 66.8. The molecule has 0 bridgehead atoms. The number of nitrogens with zero attached hydrogens (tertiary/aromatic N) is 3. The van der Waals surface area contributed by atoms with E-state index >= 15 is 0 Å². The van der Waals surface area contributed by atoms with Crippen LogP contribution in [0.3, 0.4) is 0 Å². The number of aromatic nitrogens is 1. The zero-order chi connectivity index (χ0) is 22.2. The molecule has 0 unspecified atom stereocenters. The molecule has 31 heavy (non-hydrogen) atoms. The van der Waals surface area contributed by atoms with Crippen molar-refractivity contribution >= 4 is 38.1 Å². The summed E-state index contributed by atoms with van der Waals surface area (Å²) in [7, 11) is -3.83. The molecule has 11 heteroatoms. The van der Waals surface area contributed by atoms with Gasteiger partial charge in [0, 0.05) is 38.0 Å². The van der Waals surface area contributed by atoms with Gasteiger partial charge in [-0.2, -0.15) is 4.31 Å². The molecule has 0 amide bonds. The maximum atomic E-state index is 13.4. The fraction of sp³-hybridized carbons (Fsp3) is 0.250. The summed E-state index contributed by atoms with van der Waals surface area (Å²) >= 11 is 7.34. The molecular weight excluding hydrogens is 471 g/mol. The molecule has 0 N–H and O–H groups in total. The van der Waals surface area contributed by atoms with Crippen LogP contribution in [0.15, 0.2) is 46.7 Å². The molecule has 3 aromatic rings. The van der Waals surface area contributed by atoms with Crippen LogP contribution in [-0.2, 0) is 16.4 Å². The Morgan fingerprint density at radius 2 is 1.74 bits per heavy atom. The smallest absolute Gasteiger partial charge is 0.244 e. The number of hydrogen-bond acceptors (Lipinski definition) is 5. The second-order valence-electron chi connectivity index (χ2n) is 7.01. The maximum absolute atomic E-state index is 13.4. The van der Waals surface area contributed by atoms with Crippen LogP contribution in [0.5, 0.6) is 0 Å². The van der Waals surface area contributed by atoms with Crippen LogP contribution in [0, 0.1) is 17.5 Å². The number of hydrogen-bond donors (Lipinski definition) is 0. The minimum atomic E-state index is -3.83. The van der Waals surface area contributed by atoms with Crippen molar-refractivity contribution in [2.45, 2.75) is 11.3 Å². The minimum absolute atomic E-state index is 0.118. The average molecular weight is 488 g/mol. The number of benzene rings is 2. The molecule has 0 radical (unpaired) electrons. The molecule has 0 spiro atoms. The Bertz CT molecular complexity index is 1210. The van der Waals surface area contributed by atoms with Crippen molar-refractivity contribution in [3.8, 4) is 0 Å². The van der Waals surface area contributed by atoms with E-state index in [1.165, 1.54) is 27.8 Å². The van der Waals surface area contributed by atoms with Crippen molar-refractivity contribution in [3.63, 3.8) is 0 Å². The highest BCUT2D eigenvalue weighted by Gasteiger charge is 2.31. The van der Waals surface area contributed by atoms with Crippen molar-refractivity contribution in [1.82, 2.24) is 9.29 Å². The van der Waals surface area contributed by atoms with E-state index in [0.717, 1.165) is 35.1 Å². The molecule has 0 aliphatic carbocycles. The summed E-state index contributed by atoms with van der Waals surface area (Å²) in [6.07, 6.45) is 0.366. The minimum Gasteiger partial charge on any atom is -0.345 e. The first-order valence-corrected chi connectivity index (χ1v) is 12.0. The van der Waals surface area contributed by atoms with Gasteiger partial charge in [-0.1, -0.05) is 17.7 Å². The van der Waals surface area contributed by atoms with Gasteiger partial charge in [0.15, 0.2) is 16.8 Å². The van der Waals surface area contributed by atoms with Gasteiger partial charge in [0.05, 0.1) is 10.7 Å². The van der Waals surface area contributed by atoms with Gasteiger partial charge in [0.2, 0.25) is 10.0 Å². The Balaban J connectivity index is 1.41. The third-order valence-corrected chi connectivity index (χ3v) is 8.26. The summed E-state index contributed by atoms with van der Waals surface area (Å²) in [5.41, 5.74) is 1.34. The number of rotatable bonds is 5. The quantitative estimate of drug-likeness (QED) is 0.538. The van der Waals surface area contributed by atoms with E-state index in [-0.39, 0.29) is 23.0 Å². The van der Waals surface area contributed by atoms with Crippen molar-refractivity contribution in [2.24, 2.45) is 0 Å². The highest BCUT2D eigenvalue weighted by molar-refractivity contribution is 7.89. The number of thiazole rings is 1. The highest BCUT2D eigenvalue weighted by atomic mass is 35.5. The molecule has 2 aromatic carbocycles. The lowest BCUT2D eigenvalue weighted by atomic mass is 10.1. The van der Waals surface area contributed by atoms with E-state index < -0.39 is 27.5 Å². The van der Waals surface area contributed by atoms with Crippen LogP contribution in [0.4, 0.5) is 18.3 Å². The van der Waals surface area contributed by atoms with E-state index in [4.69, 9.17) is 11.6 Å². The Labute approximate surface area is 186 Å². The lowest BCUT2D eigenvalue weighted by Crippen LogP contribution is -2.48. The van der Waals surface area contributed by atoms with Gasteiger partial charge in [-0.25, -0.2) is 26.6 Å². The van der Waals surface area contributed by atoms with Gasteiger partial charge in [-0.05, 0) is 35.9 Å². The Kier molecular flexibility index (Phi) is 6.25. The third kappa shape index (κ3) is 4.72. The second-order valence-corrected chi connectivity index (χ2v) is 10.2. The first kappa shape index (κ1) is 22.1. The van der Waals surface area contributed by atoms with Crippen molar-refractivity contribution < 1.29 is 21.6 Å². The molecule has 4 rings (SSSR count). The Morgan fingerprint density at radius 1 is 1.00 bits per heavy atom.